The summed E-state index contributed by atoms with van der Waals surface area (Å²) in [4.78, 5) is 32.5. The Hall–Kier alpha value is -5.38. The number of aromatic nitrogens is 2. The molecule has 0 atom stereocenters. The lowest BCUT2D eigenvalue weighted by Crippen LogP contribution is -2.38. The third-order valence-corrected chi connectivity index (χ3v) is 6.35. The molecule has 0 saturated carbocycles. The molecular weight excluding hydrogens is 527 g/mol. The number of carbonyl (C=O) groups is 2. The fourth-order valence-corrected chi connectivity index (χ4v) is 4.24. The van der Waals surface area contributed by atoms with Gasteiger partial charge in [0.15, 0.2) is 0 Å². The molecule has 208 valence electrons. The van der Waals surface area contributed by atoms with Crippen LogP contribution in [-0.2, 0) is 11.3 Å². The summed E-state index contributed by atoms with van der Waals surface area (Å²) in [6.07, 6.45) is 3.26. The number of methoxy groups -OCH3 is 2. The number of hydrogen-bond acceptors (Lipinski definition) is 6. The minimum absolute atomic E-state index is 0.0302. The summed E-state index contributed by atoms with van der Waals surface area (Å²) in [6, 6.07) is 23.6. The number of nitrogens with zero attached hydrogens (tertiary/aromatic N) is 3. The van der Waals surface area contributed by atoms with Crippen molar-refractivity contribution in [2.45, 2.75) is 6.54 Å². The van der Waals surface area contributed by atoms with Crippen molar-refractivity contribution in [2.24, 2.45) is 0 Å². The van der Waals surface area contributed by atoms with Gasteiger partial charge in [0.25, 0.3) is 5.91 Å². The van der Waals surface area contributed by atoms with Gasteiger partial charge in [0.1, 0.15) is 29.6 Å². The number of imidazole rings is 1. The Balaban J connectivity index is 1.44. The Morgan fingerprint density at radius 1 is 0.927 bits per heavy atom. The van der Waals surface area contributed by atoms with Crippen LogP contribution in [0.3, 0.4) is 0 Å². The maximum absolute atomic E-state index is 14.5. The van der Waals surface area contributed by atoms with Crippen molar-refractivity contribution in [2.75, 3.05) is 26.1 Å². The number of halogens is 1. The molecule has 0 unspecified atom stereocenters. The van der Waals surface area contributed by atoms with E-state index in [1.807, 2.05) is 36.4 Å². The van der Waals surface area contributed by atoms with Crippen molar-refractivity contribution in [3.05, 3.63) is 115 Å². The minimum Gasteiger partial charge on any atom is -0.497 e. The second kappa shape index (κ2) is 12.2. The lowest BCUT2D eigenvalue weighted by molar-refractivity contribution is -0.117. The normalized spacial score (nSPS) is 10.7. The van der Waals surface area contributed by atoms with Gasteiger partial charge < -0.3 is 18.8 Å². The summed E-state index contributed by atoms with van der Waals surface area (Å²) in [6.45, 7) is -0.404. The van der Waals surface area contributed by atoms with E-state index >= 15 is 0 Å². The zero-order chi connectivity index (χ0) is 28.8. The highest BCUT2D eigenvalue weighted by molar-refractivity contribution is 5.99. The number of carbonyl (C=O) groups excluding carboxylic acids is 2. The topological polar surface area (TPSA) is 98.8 Å². The van der Waals surface area contributed by atoms with Crippen LogP contribution in [0.25, 0.3) is 16.9 Å². The van der Waals surface area contributed by atoms with Crippen molar-refractivity contribution in [3.63, 3.8) is 0 Å². The van der Waals surface area contributed by atoms with E-state index in [1.165, 1.54) is 29.4 Å². The first-order chi connectivity index (χ1) is 19.9. The first-order valence-electron chi connectivity index (χ1n) is 12.7. The highest BCUT2D eigenvalue weighted by atomic mass is 19.1. The highest BCUT2D eigenvalue weighted by Gasteiger charge is 2.24. The van der Waals surface area contributed by atoms with Gasteiger partial charge in [-0.15, -0.1) is 0 Å². The Labute approximate surface area is 235 Å². The van der Waals surface area contributed by atoms with Gasteiger partial charge in [-0.05, 0) is 72.8 Å². The molecular formula is C31H27FN4O5. The summed E-state index contributed by atoms with van der Waals surface area (Å²) in [5.41, 5.74) is 1.99. The van der Waals surface area contributed by atoms with Crippen LogP contribution in [0.2, 0.25) is 0 Å². The van der Waals surface area contributed by atoms with Gasteiger partial charge in [-0.3, -0.25) is 19.5 Å². The molecule has 2 aromatic heterocycles. The zero-order valence-electron chi connectivity index (χ0n) is 22.4. The van der Waals surface area contributed by atoms with Gasteiger partial charge in [0.05, 0.1) is 38.3 Å². The average Bonchev–Trinajstić information content (AvgIpc) is 3.67. The highest BCUT2D eigenvalue weighted by Crippen LogP contribution is 2.27. The molecule has 5 rings (SSSR count). The summed E-state index contributed by atoms with van der Waals surface area (Å²) >= 11 is 0. The summed E-state index contributed by atoms with van der Waals surface area (Å²) < 4.78 is 32.1. The largest absolute Gasteiger partial charge is 0.497 e. The molecule has 0 saturated heterocycles. The molecule has 0 fully saturated rings. The quantitative estimate of drug-likeness (QED) is 0.242. The third-order valence-electron chi connectivity index (χ3n) is 6.35. The molecule has 0 spiro atoms. The molecule has 5 aromatic rings. The standard InChI is InChI=1S/C31H27FN4O5/c1-39-23-13-9-21(10-14-23)28-19-36(22-11-15-24(40-2)16-12-22)31(33-28)34-29(37)20-35(18-25-6-5-17-41-25)30(38)26-7-3-4-8-27(26)32/h3-17,19H,18,20H2,1-2H3,(H,33,34,37). The van der Waals surface area contributed by atoms with E-state index in [-0.39, 0.29) is 24.6 Å². The second-order valence-corrected chi connectivity index (χ2v) is 9.01. The van der Waals surface area contributed by atoms with Gasteiger partial charge in [-0.2, -0.15) is 0 Å². The van der Waals surface area contributed by atoms with Crippen molar-refractivity contribution < 1.29 is 27.9 Å². The maximum Gasteiger partial charge on any atom is 0.257 e. The number of nitrogens with one attached hydrogen (secondary N) is 1. The molecule has 0 radical (unpaired) electrons. The number of amides is 2. The molecule has 0 aliphatic heterocycles. The van der Waals surface area contributed by atoms with Crippen LogP contribution in [0.1, 0.15) is 16.1 Å². The molecule has 9 nitrogen and oxygen atoms in total. The molecule has 3 aromatic carbocycles. The molecule has 0 aliphatic rings. The lowest BCUT2D eigenvalue weighted by atomic mass is 10.1. The fraction of sp³-hybridized carbons (Fsp3) is 0.129. The van der Waals surface area contributed by atoms with Crippen molar-refractivity contribution in [1.82, 2.24) is 14.5 Å². The summed E-state index contributed by atoms with van der Waals surface area (Å²) in [7, 11) is 3.17. The van der Waals surface area contributed by atoms with Crippen LogP contribution in [0, 0.1) is 5.82 Å². The van der Waals surface area contributed by atoms with E-state index in [0.29, 0.717) is 23.0 Å². The van der Waals surface area contributed by atoms with Crippen LogP contribution in [0.5, 0.6) is 11.5 Å². The first kappa shape index (κ1) is 27.2. The van der Waals surface area contributed by atoms with Gasteiger partial charge in [0.2, 0.25) is 11.9 Å². The predicted molar refractivity (Wildman–Crippen MR) is 151 cm³/mol. The summed E-state index contributed by atoms with van der Waals surface area (Å²) in [5.74, 6) is 0.214. The number of rotatable bonds is 10. The van der Waals surface area contributed by atoms with E-state index in [9.17, 15) is 14.0 Å². The van der Waals surface area contributed by atoms with Crippen LogP contribution in [-0.4, -0.2) is 47.0 Å². The summed E-state index contributed by atoms with van der Waals surface area (Å²) in [5, 5.41) is 2.82. The van der Waals surface area contributed by atoms with E-state index in [4.69, 9.17) is 13.9 Å². The number of furan rings is 1. The smallest absolute Gasteiger partial charge is 0.257 e. The van der Waals surface area contributed by atoms with Crippen molar-refractivity contribution in [3.8, 4) is 28.4 Å². The Bertz CT molecular complexity index is 1630. The number of hydrogen-bond donors (Lipinski definition) is 1. The number of benzene rings is 3. The minimum atomic E-state index is -0.679. The molecule has 2 amide bonds. The monoisotopic (exact) mass is 554 g/mol. The van der Waals surface area contributed by atoms with Crippen LogP contribution >= 0.6 is 0 Å². The molecule has 10 heteroatoms. The molecule has 2 heterocycles. The first-order valence-corrected chi connectivity index (χ1v) is 12.7. The van der Waals surface area contributed by atoms with Crippen LogP contribution in [0.4, 0.5) is 10.3 Å². The number of ether oxygens (including phenoxy) is 2. The Morgan fingerprint density at radius 2 is 1.61 bits per heavy atom. The SMILES string of the molecule is COc1ccc(-c2cn(-c3ccc(OC)cc3)c(NC(=O)CN(Cc3ccco3)C(=O)c3ccccc3F)n2)cc1. The van der Waals surface area contributed by atoms with Gasteiger partial charge >= 0.3 is 0 Å². The Morgan fingerprint density at radius 3 is 2.24 bits per heavy atom. The van der Waals surface area contributed by atoms with Gasteiger partial charge in [-0.1, -0.05) is 12.1 Å². The number of anilines is 1. The average molecular weight is 555 g/mol. The lowest BCUT2D eigenvalue weighted by Gasteiger charge is -2.21. The van der Waals surface area contributed by atoms with Crippen molar-refractivity contribution >= 4 is 17.8 Å². The molecule has 41 heavy (non-hydrogen) atoms. The Kier molecular flexibility index (Phi) is 8.10. The molecule has 0 bridgehead atoms. The van der Waals surface area contributed by atoms with E-state index < -0.39 is 17.6 Å². The predicted octanol–water partition coefficient (Wildman–Crippen LogP) is 5.57. The third kappa shape index (κ3) is 6.27. The molecule has 0 aliphatic carbocycles. The van der Waals surface area contributed by atoms with Gasteiger partial charge in [0, 0.05) is 17.4 Å². The van der Waals surface area contributed by atoms with Crippen LogP contribution in [0.15, 0.2) is 102 Å². The zero-order valence-corrected chi connectivity index (χ0v) is 22.4. The fourth-order valence-electron chi connectivity index (χ4n) is 4.24. The maximum atomic E-state index is 14.5. The molecule has 1 N–H and O–H groups in total. The van der Waals surface area contributed by atoms with E-state index in [2.05, 4.69) is 10.3 Å². The van der Waals surface area contributed by atoms with Gasteiger partial charge in [-0.25, -0.2) is 9.37 Å². The van der Waals surface area contributed by atoms with E-state index in [1.54, 1.807) is 55.3 Å². The van der Waals surface area contributed by atoms with Crippen molar-refractivity contribution in [1.29, 1.82) is 0 Å². The second-order valence-electron chi connectivity index (χ2n) is 9.01. The van der Waals surface area contributed by atoms with Crippen LogP contribution < -0.4 is 14.8 Å². The van der Waals surface area contributed by atoms with E-state index in [0.717, 1.165) is 11.3 Å².